The first-order chi connectivity index (χ1) is 15.7. The number of carbonyl (C=O) groups excluding carboxylic acids is 1. The molecule has 2 aliphatic rings. The second-order valence-electron chi connectivity index (χ2n) is 8.22. The highest BCUT2D eigenvalue weighted by Gasteiger charge is 2.20. The highest BCUT2D eigenvalue weighted by atomic mass is 32.1. The number of hydrogen-bond acceptors (Lipinski definition) is 6. The smallest absolute Gasteiger partial charge is 0.317 e. The van der Waals surface area contributed by atoms with Crippen molar-refractivity contribution in [3.05, 3.63) is 48.0 Å². The number of aryl methyl sites for hydroxylation is 1. The van der Waals surface area contributed by atoms with Crippen molar-refractivity contribution in [1.82, 2.24) is 4.90 Å². The van der Waals surface area contributed by atoms with Crippen LogP contribution >= 0.6 is 11.3 Å². The summed E-state index contributed by atoms with van der Waals surface area (Å²) in [4.78, 5) is 16.4. The Hall–Kier alpha value is -2.97. The van der Waals surface area contributed by atoms with Crippen LogP contribution in [0.25, 0.3) is 10.1 Å². The molecule has 0 atom stereocenters. The van der Waals surface area contributed by atoms with Gasteiger partial charge in [0.15, 0.2) is 11.5 Å². The number of hydrogen-bond donors (Lipinski definition) is 2. The summed E-state index contributed by atoms with van der Waals surface area (Å²) in [7, 11) is 0. The summed E-state index contributed by atoms with van der Waals surface area (Å²) in [6, 6.07) is 14.0. The molecule has 32 heavy (non-hydrogen) atoms. The quantitative estimate of drug-likeness (QED) is 0.524. The van der Waals surface area contributed by atoms with Crippen molar-refractivity contribution in [2.24, 2.45) is 5.73 Å². The first kappa shape index (κ1) is 20.9. The average Bonchev–Trinajstić information content (AvgIpc) is 3.40. The fourth-order valence-electron chi connectivity index (χ4n) is 4.51. The van der Waals surface area contributed by atoms with Gasteiger partial charge in [-0.2, -0.15) is 0 Å². The normalized spacial score (nSPS) is 15.9. The van der Waals surface area contributed by atoms with Gasteiger partial charge < -0.3 is 20.1 Å². The van der Waals surface area contributed by atoms with Gasteiger partial charge in [0.2, 0.25) is 6.79 Å². The Morgan fingerprint density at radius 1 is 1.03 bits per heavy atom. The topological polar surface area (TPSA) is 80.1 Å². The minimum absolute atomic E-state index is 0.313. The Morgan fingerprint density at radius 2 is 1.84 bits per heavy atom. The van der Waals surface area contributed by atoms with Crippen LogP contribution in [0.3, 0.4) is 0 Å². The molecule has 2 aromatic carbocycles. The van der Waals surface area contributed by atoms with Gasteiger partial charge in [0, 0.05) is 42.6 Å². The lowest BCUT2D eigenvalue weighted by molar-refractivity contribution is 0.174. The molecule has 0 unspecified atom stereocenters. The summed E-state index contributed by atoms with van der Waals surface area (Å²) in [5.74, 6) is 1.68. The van der Waals surface area contributed by atoms with Gasteiger partial charge in [-0.05, 0) is 55.0 Å². The number of piperazine rings is 1. The van der Waals surface area contributed by atoms with Gasteiger partial charge in [-0.3, -0.25) is 10.2 Å². The van der Waals surface area contributed by atoms with Crippen LogP contribution in [-0.2, 0) is 6.42 Å². The maximum atomic E-state index is 11.4. The number of thiophene rings is 1. The van der Waals surface area contributed by atoms with E-state index < -0.39 is 6.03 Å². The lowest BCUT2D eigenvalue weighted by atomic mass is 10.1. The second kappa shape index (κ2) is 9.26. The Bertz CT molecular complexity index is 1110. The number of nitrogens with one attached hydrogen (secondary N) is 1. The van der Waals surface area contributed by atoms with Crippen molar-refractivity contribution >= 4 is 38.1 Å². The van der Waals surface area contributed by atoms with Gasteiger partial charge in [0.05, 0.1) is 0 Å². The van der Waals surface area contributed by atoms with Crippen LogP contribution < -0.4 is 25.4 Å². The Kier molecular flexibility index (Phi) is 6.05. The standard InChI is InChI=1S/C24H28N4O3S/c25-24(29)26-23-19(18-5-1-2-7-22(18)32-23)6-3-4-10-27-11-13-28(14-12-27)17-8-9-20-21(15-17)31-16-30-20/h1-2,5,7-9,15H,3-4,6,10-14,16H2,(H3,25,26,29). The molecule has 3 aromatic rings. The van der Waals surface area contributed by atoms with E-state index in [0.717, 1.165) is 68.5 Å². The minimum atomic E-state index is -0.502. The fourth-order valence-corrected chi connectivity index (χ4v) is 5.66. The lowest BCUT2D eigenvalue weighted by Crippen LogP contribution is -2.46. The van der Waals surface area contributed by atoms with Crippen LogP contribution in [0.1, 0.15) is 18.4 Å². The van der Waals surface area contributed by atoms with Crippen LogP contribution in [-0.4, -0.2) is 50.4 Å². The number of anilines is 2. The van der Waals surface area contributed by atoms with E-state index in [9.17, 15) is 4.79 Å². The van der Waals surface area contributed by atoms with E-state index in [-0.39, 0.29) is 0 Å². The number of carbonyl (C=O) groups is 1. The molecule has 1 aromatic heterocycles. The molecule has 0 spiro atoms. The van der Waals surface area contributed by atoms with Crippen molar-refractivity contribution in [2.75, 3.05) is 49.7 Å². The first-order valence-corrected chi connectivity index (χ1v) is 11.9. The average molecular weight is 453 g/mol. The summed E-state index contributed by atoms with van der Waals surface area (Å²) in [5, 5.41) is 4.92. The molecule has 1 fully saturated rings. The van der Waals surface area contributed by atoms with Crippen molar-refractivity contribution in [2.45, 2.75) is 19.3 Å². The van der Waals surface area contributed by atoms with Gasteiger partial charge in [-0.25, -0.2) is 4.79 Å². The van der Waals surface area contributed by atoms with Gasteiger partial charge in [-0.15, -0.1) is 11.3 Å². The number of rotatable bonds is 7. The van der Waals surface area contributed by atoms with Gasteiger partial charge in [0.1, 0.15) is 5.00 Å². The zero-order valence-corrected chi connectivity index (χ0v) is 18.8. The summed E-state index contributed by atoms with van der Waals surface area (Å²) in [6.45, 7) is 5.56. The number of primary amides is 1. The number of urea groups is 1. The van der Waals surface area contributed by atoms with Crippen molar-refractivity contribution in [3.63, 3.8) is 0 Å². The first-order valence-electron chi connectivity index (χ1n) is 11.1. The third kappa shape index (κ3) is 4.47. The highest BCUT2D eigenvalue weighted by molar-refractivity contribution is 7.23. The molecular formula is C24H28N4O3S. The molecule has 8 heteroatoms. The van der Waals surface area contributed by atoms with E-state index in [0.29, 0.717) is 6.79 Å². The van der Waals surface area contributed by atoms with E-state index in [1.165, 1.54) is 21.3 Å². The molecular weight excluding hydrogens is 424 g/mol. The molecule has 0 radical (unpaired) electrons. The number of unbranched alkanes of at least 4 members (excludes halogenated alkanes) is 1. The molecule has 1 saturated heterocycles. The Balaban J connectivity index is 1.11. The molecule has 0 aliphatic carbocycles. The minimum Gasteiger partial charge on any atom is -0.454 e. The van der Waals surface area contributed by atoms with Crippen molar-refractivity contribution in [1.29, 1.82) is 0 Å². The van der Waals surface area contributed by atoms with Crippen LogP contribution in [0, 0.1) is 0 Å². The molecule has 168 valence electrons. The van der Waals surface area contributed by atoms with E-state index in [1.54, 1.807) is 11.3 Å². The number of benzene rings is 2. The zero-order chi connectivity index (χ0) is 21.9. The number of amides is 2. The molecule has 2 amide bonds. The molecule has 5 rings (SSSR count). The summed E-state index contributed by atoms with van der Waals surface area (Å²) in [6.07, 6.45) is 3.15. The maximum absolute atomic E-state index is 11.4. The largest absolute Gasteiger partial charge is 0.454 e. The van der Waals surface area contributed by atoms with Crippen LogP contribution in [0.15, 0.2) is 42.5 Å². The summed E-state index contributed by atoms with van der Waals surface area (Å²) < 4.78 is 12.1. The summed E-state index contributed by atoms with van der Waals surface area (Å²) in [5.41, 5.74) is 7.79. The van der Waals surface area contributed by atoms with Crippen molar-refractivity contribution < 1.29 is 14.3 Å². The van der Waals surface area contributed by atoms with E-state index >= 15 is 0 Å². The number of nitrogens with two attached hydrogens (primary N) is 1. The predicted octanol–water partition coefficient (Wildman–Crippen LogP) is 4.27. The molecule has 3 N–H and O–H groups in total. The third-order valence-corrected chi connectivity index (χ3v) is 7.31. The monoisotopic (exact) mass is 452 g/mol. The van der Waals surface area contributed by atoms with E-state index in [1.807, 2.05) is 18.2 Å². The molecule has 2 aliphatic heterocycles. The number of fused-ring (bicyclic) bond motifs is 2. The molecule has 3 heterocycles. The van der Waals surface area contributed by atoms with Gasteiger partial charge >= 0.3 is 6.03 Å². The van der Waals surface area contributed by atoms with Crippen molar-refractivity contribution in [3.8, 4) is 11.5 Å². The zero-order valence-electron chi connectivity index (χ0n) is 18.0. The Morgan fingerprint density at radius 3 is 2.69 bits per heavy atom. The number of ether oxygens (including phenoxy) is 2. The maximum Gasteiger partial charge on any atom is 0.317 e. The third-order valence-electron chi connectivity index (χ3n) is 6.18. The molecule has 0 bridgehead atoms. The second-order valence-corrected chi connectivity index (χ2v) is 9.27. The SMILES string of the molecule is NC(=O)Nc1sc2ccccc2c1CCCCN1CCN(c2ccc3c(c2)OCO3)CC1. The van der Waals surface area contributed by atoms with Crippen LogP contribution in [0.5, 0.6) is 11.5 Å². The van der Waals surface area contributed by atoms with Gasteiger partial charge in [-0.1, -0.05) is 18.2 Å². The van der Waals surface area contributed by atoms with E-state index in [4.69, 9.17) is 15.2 Å². The predicted molar refractivity (Wildman–Crippen MR) is 129 cm³/mol. The fraction of sp³-hybridized carbons (Fsp3) is 0.375. The highest BCUT2D eigenvalue weighted by Crippen LogP contribution is 2.37. The lowest BCUT2D eigenvalue weighted by Gasteiger charge is -2.36. The van der Waals surface area contributed by atoms with E-state index in [2.05, 4.69) is 39.4 Å². The van der Waals surface area contributed by atoms with Crippen LogP contribution in [0.4, 0.5) is 15.5 Å². The Labute approximate surface area is 191 Å². The molecule has 0 saturated carbocycles. The van der Waals surface area contributed by atoms with Gasteiger partial charge in [0.25, 0.3) is 0 Å². The summed E-state index contributed by atoms with van der Waals surface area (Å²) >= 11 is 1.60. The molecule has 7 nitrogen and oxygen atoms in total. The number of nitrogens with zero attached hydrogens (tertiary/aromatic N) is 2. The van der Waals surface area contributed by atoms with Crippen LogP contribution in [0.2, 0.25) is 0 Å².